The van der Waals surface area contributed by atoms with Gasteiger partial charge in [-0.25, -0.2) is 4.52 Å². The number of pyridine rings is 1. The van der Waals surface area contributed by atoms with Crippen molar-refractivity contribution in [3.8, 4) is 11.5 Å². The van der Waals surface area contributed by atoms with Gasteiger partial charge in [-0.3, -0.25) is 4.79 Å². The van der Waals surface area contributed by atoms with Crippen molar-refractivity contribution in [1.29, 1.82) is 0 Å². The quantitative estimate of drug-likeness (QED) is 0.682. The average Bonchev–Trinajstić information content (AvgIpc) is 3.08. The van der Waals surface area contributed by atoms with E-state index in [0.717, 1.165) is 16.6 Å². The fraction of sp³-hybridized carbons (Fsp3) is 0.300. The summed E-state index contributed by atoms with van der Waals surface area (Å²) in [5, 5.41) is 4.29. The van der Waals surface area contributed by atoms with Gasteiger partial charge in [0.1, 0.15) is 0 Å². The van der Waals surface area contributed by atoms with Gasteiger partial charge >= 0.3 is 0 Å². The molecule has 0 aliphatic rings. The van der Waals surface area contributed by atoms with Crippen LogP contribution in [0.15, 0.2) is 42.7 Å². The predicted molar refractivity (Wildman–Crippen MR) is 99.9 cm³/mol. The average molecular weight is 353 g/mol. The first kappa shape index (κ1) is 17.8. The largest absolute Gasteiger partial charge is 0.493 e. The summed E-state index contributed by atoms with van der Waals surface area (Å²) in [5.74, 6) is 1.25. The van der Waals surface area contributed by atoms with Crippen LogP contribution in [-0.2, 0) is 6.54 Å². The van der Waals surface area contributed by atoms with Gasteiger partial charge in [-0.15, -0.1) is 0 Å². The van der Waals surface area contributed by atoms with Crippen molar-refractivity contribution in [2.45, 2.75) is 20.4 Å². The summed E-state index contributed by atoms with van der Waals surface area (Å²) in [7, 11) is 3.39. The van der Waals surface area contributed by atoms with Crippen LogP contribution in [0.2, 0.25) is 0 Å². The Balaban J connectivity index is 1.90. The van der Waals surface area contributed by atoms with Gasteiger partial charge in [0.2, 0.25) is 0 Å². The van der Waals surface area contributed by atoms with Crippen LogP contribution in [0.5, 0.6) is 11.5 Å². The first-order chi connectivity index (χ1) is 12.6. The summed E-state index contributed by atoms with van der Waals surface area (Å²) in [6.45, 7) is 4.84. The normalized spacial score (nSPS) is 10.8. The molecule has 3 aromatic rings. The summed E-state index contributed by atoms with van der Waals surface area (Å²) in [4.78, 5) is 14.7. The van der Waals surface area contributed by atoms with Gasteiger partial charge in [-0.05, 0) is 31.5 Å². The van der Waals surface area contributed by atoms with Gasteiger partial charge in [-0.2, -0.15) is 5.10 Å². The van der Waals surface area contributed by atoms with E-state index in [4.69, 9.17) is 9.47 Å². The Morgan fingerprint density at radius 2 is 2.08 bits per heavy atom. The molecule has 0 atom stereocenters. The maximum atomic E-state index is 13.0. The number of ether oxygens (including phenoxy) is 2. The number of hydrogen-bond donors (Lipinski definition) is 0. The number of benzene rings is 1. The zero-order valence-corrected chi connectivity index (χ0v) is 15.5. The summed E-state index contributed by atoms with van der Waals surface area (Å²) >= 11 is 0. The molecule has 2 heterocycles. The second-order valence-electron chi connectivity index (χ2n) is 6.09. The molecule has 0 aliphatic carbocycles. The van der Waals surface area contributed by atoms with Gasteiger partial charge in [0.15, 0.2) is 11.5 Å². The van der Waals surface area contributed by atoms with Crippen molar-refractivity contribution in [1.82, 2.24) is 14.5 Å². The molecular formula is C20H23N3O3. The van der Waals surface area contributed by atoms with Crippen LogP contribution >= 0.6 is 0 Å². The van der Waals surface area contributed by atoms with E-state index in [1.165, 1.54) is 0 Å². The third-order valence-electron chi connectivity index (χ3n) is 4.30. The Kier molecular flexibility index (Phi) is 5.11. The Morgan fingerprint density at radius 3 is 2.81 bits per heavy atom. The minimum absolute atomic E-state index is 0.0837. The smallest absolute Gasteiger partial charge is 0.257 e. The molecule has 0 saturated heterocycles. The van der Waals surface area contributed by atoms with Gasteiger partial charge in [-0.1, -0.05) is 18.2 Å². The zero-order valence-electron chi connectivity index (χ0n) is 15.5. The van der Waals surface area contributed by atoms with E-state index >= 15 is 0 Å². The number of para-hydroxylation sites is 1. The molecule has 6 nitrogen and oxygen atoms in total. The van der Waals surface area contributed by atoms with E-state index < -0.39 is 0 Å². The second-order valence-corrected chi connectivity index (χ2v) is 6.09. The molecule has 1 aromatic carbocycles. The van der Waals surface area contributed by atoms with E-state index in [0.29, 0.717) is 30.2 Å². The van der Waals surface area contributed by atoms with Crippen molar-refractivity contribution in [3.63, 3.8) is 0 Å². The summed E-state index contributed by atoms with van der Waals surface area (Å²) in [6.07, 6.45) is 3.46. The van der Waals surface area contributed by atoms with Crippen molar-refractivity contribution < 1.29 is 14.3 Å². The summed E-state index contributed by atoms with van der Waals surface area (Å²) in [6, 6.07) is 9.58. The van der Waals surface area contributed by atoms with E-state index in [1.807, 2.05) is 50.4 Å². The Morgan fingerprint density at radius 1 is 1.27 bits per heavy atom. The first-order valence-corrected chi connectivity index (χ1v) is 8.54. The fourth-order valence-corrected chi connectivity index (χ4v) is 3.06. The van der Waals surface area contributed by atoms with Gasteiger partial charge < -0.3 is 14.4 Å². The number of carbonyl (C=O) groups excluding carboxylic acids is 1. The SMILES string of the molecule is CCOc1c(CN(C)C(=O)c2cnn3cccc(C)c23)cccc1OC. The van der Waals surface area contributed by atoms with Crippen molar-refractivity contribution in [3.05, 3.63) is 59.4 Å². The Hall–Kier alpha value is -3.02. The van der Waals surface area contributed by atoms with Crippen LogP contribution in [0.4, 0.5) is 0 Å². The van der Waals surface area contributed by atoms with E-state index in [2.05, 4.69) is 5.10 Å². The first-order valence-electron chi connectivity index (χ1n) is 8.54. The molecule has 0 fully saturated rings. The van der Waals surface area contributed by atoms with Crippen LogP contribution in [0.3, 0.4) is 0 Å². The molecule has 0 N–H and O–H groups in total. The highest BCUT2D eigenvalue weighted by atomic mass is 16.5. The molecule has 136 valence electrons. The zero-order chi connectivity index (χ0) is 18.7. The van der Waals surface area contributed by atoms with Gasteiger partial charge in [0.25, 0.3) is 5.91 Å². The molecule has 0 aliphatic heterocycles. The summed E-state index contributed by atoms with van der Waals surface area (Å²) < 4.78 is 12.9. The minimum atomic E-state index is -0.0837. The van der Waals surface area contributed by atoms with Crippen LogP contribution in [0.1, 0.15) is 28.4 Å². The molecule has 0 bridgehead atoms. The number of rotatable bonds is 6. The highest BCUT2D eigenvalue weighted by Gasteiger charge is 2.20. The fourth-order valence-electron chi connectivity index (χ4n) is 3.06. The third kappa shape index (κ3) is 3.22. The van der Waals surface area contributed by atoms with E-state index in [-0.39, 0.29) is 5.91 Å². The molecular weight excluding hydrogens is 330 g/mol. The third-order valence-corrected chi connectivity index (χ3v) is 4.30. The molecule has 2 aromatic heterocycles. The molecule has 6 heteroatoms. The second kappa shape index (κ2) is 7.47. The number of methoxy groups -OCH3 is 1. The molecule has 26 heavy (non-hydrogen) atoms. The number of aromatic nitrogens is 2. The maximum Gasteiger partial charge on any atom is 0.257 e. The minimum Gasteiger partial charge on any atom is -0.493 e. The number of carbonyl (C=O) groups is 1. The summed E-state index contributed by atoms with van der Waals surface area (Å²) in [5.41, 5.74) is 3.33. The lowest BCUT2D eigenvalue weighted by atomic mass is 10.1. The monoisotopic (exact) mass is 353 g/mol. The van der Waals surface area contributed by atoms with Gasteiger partial charge in [0.05, 0.1) is 31.0 Å². The topological polar surface area (TPSA) is 56.1 Å². The van der Waals surface area contributed by atoms with Crippen molar-refractivity contribution in [2.75, 3.05) is 20.8 Å². The maximum absolute atomic E-state index is 13.0. The molecule has 0 radical (unpaired) electrons. The number of fused-ring (bicyclic) bond motifs is 1. The van der Waals surface area contributed by atoms with E-state index in [1.54, 1.807) is 29.8 Å². The van der Waals surface area contributed by atoms with Crippen LogP contribution in [0.25, 0.3) is 5.52 Å². The number of aryl methyl sites for hydroxylation is 1. The lowest BCUT2D eigenvalue weighted by Crippen LogP contribution is -2.26. The Labute approximate surface area is 152 Å². The highest BCUT2D eigenvalue weighted by Crippen LogP contribution is 2.32. The highest BCUT2D eigenvalue weighted by molar-refractivity contribution is 6.01. The van der Waals surface area contributed by atoms with E-state index in [9.17, 15) is 4.79 Å². The lowest BCUT2D eigenvalue weighted by Gasteiger charge is -2.20. The number of nitrogens with zero attached hydrogens (tertiary/aromatic N) is 3. The molecule has 1 amide bonds. The number of hydrogen-bond acceptors (Lipinski definition) is 4. The van der Waals surface area contributed by atoms with Crippen molar-refractivity contribution in [2.24, 2.45) is 0 Å². The standard InChI is InChI=1S/C20H23N3O3/c1-5-26-19-15(9-6-10-17(19)25-4)13-22(3)20(24)16-12-21-23-11-7-8-14(2)18(16)23/h6-12H,5,13H2,1-4H3. The van der Waals surface area contributed by atoms with Crippen LogP contribution < -0.4 is 9.47 Å². The lowest BCUT2D eigenvalue weighted by molar-refractivity contribution is 0.0785. The van der Waals surface area contributed by atoms with Crippen LogP contribution in [-0.4, -0.2) is 41.2 Å². The van der Waals surface area contributed by atoms with Gasteiger partial charge in [0, 0.05) is 25.4 Å². The van der Waals surface area contributed by atoms with Crippen LogP contribution in [0, 0.1) is 6.92 Å². The number of amides is 1. The predicted octanol–water partition coefficient (Wildman–Crippen LogP) is 3.32. The Bertz CT molecular complexity index is 933. The molecule has 0 spiro atoms. The molecule has 3 rings (SSSR count). The molecule has 0 unspecified atom stereocenters. The molecule has 0 saturated carbocycles. The van der Waals surface area contributed by atoms with Crippen molar-refractivity contribution >= 4 is 11.4 Å².